The minimum Gasteiger partial charge on any atom is -0.348 e. The van der Waals surface area contributed by atoms with Crippen molar-refractivity contribution in [2.45, 2.75) is 32.2 Å². The molecule has 0 amide bonds. The highest BCUT2D eigenvalue weighted by molar-refractivity contribution is 5.74. The predicted octanol–water partition coefficient (Wildman–Crippen LogP) is 4.12. The first-order valence-corrected chi connectivity index (χ1v) is 10.5. The molecule has 0 radical (unpaired) electrons. The minimum absolute atomic E-state index is 0.443. The van der Waals surface area contributed by atoms with Gasteiger partial charge in [-0.25, -0.2) is 4.98 Å². The van der Waals surface area contributed by atoms with Crippen molar-refractivity contribution in [3.8, 4) is 11.5 Å². The third kappa shape index (κ3) is 3.30. The number of allylic oxidation sites excluding steroid dienone is 1. The van der Waals surface area contributed by atoms with Crippen LogP contribution in [0.1, 0.15) is 31.5 Å². The van der Waals surface area contributed by atoms with Crippen LogP contribution in [0.25, 0.3) is 22.6 Å². The van der Waals surface area contributed by atoms with Gasteiger partial charge in [-0.05, 0) is 44.0 Å². The average Bonchev–Trinajstić information content (AvgIpc) is 3.45. The summed E-state index contributed by atoms with van der Waals surface area (Å²) in [5.41, 5.74) is 4.31. The molecule has 7 nitrogen and oxygen atoms in total. The summed E-state index contributed by atoms with van der Waals surface area (Å²) in [6.45, 7) is 8.75. The number of aromatic nitrogens is 6. The highest BCUT2D eigenvalue weighted by Crippen LogP contribution is 2.31. The maximum absolute atomic E-state index is 4.82. The number of para-hydroxylation sites is 2. The van der Waals surface area contributed by atoms with Crippen LogP contribution < -0.4 is 4.90 Å². The first-order valence-electron chi connectivity index (χ1n) is 10.5. The van der Waals surface area contributed by atoms with E-state index in [1.165, 1.54) is 0 Å². The molecule has 1 aliphatic rings. The van der Waals surface area contributed by atoms with E-state index in [0.29, 0.717) is 12.5 Å². The van der Waals surface area contributed by atoms with Crippen LogP contribution in [0.2, 0.25) is 0 Å². The van der Waals surface area contributed by atoms with E-state index in [1.54, 1.807) is 0 Å². The number of fused-ring (bicyclic) bond motifs is 1. The summed E-state index contributed by atoms with van der Waals surface area (Å²) in [6, 6.07) is 12.4. The van der Waals surface area contributed by atoms with Gasteiger partial charge in [0.25, 0.3) is 0 Å². The molecule has 30 heavy (non-hydrogen) atoms. The van der Waals surface area contributed by atoms with Gasteiger partial charge >= 0.3 is 0 Å². The van der Waals surface area contributed by atoms with Crippen molar-refractivity contribution >= 4 is 17.0 Å². The lowest BCUT2D eigenvalue weighted by Gasteiger charge is -2.32. The molecule has 0 atom stereocenters. The standard InChI is InChI=1S/C23H27N7/c1-16(2)15-30-22(20-9-6-12-28(20)3)26-27-23(30)29-13-10-17(11-14-29)21-24-18-7-4-5-8-19(18)25-21/h4-9,12,17H,1,10-11,13-15H2,2-3H3,(H,24,25). The topological polar surface area (TPSA) is 67.6 Å². The molecule has 0 spiro atoms. The van der Waals surface area contributed by atoms with Gasteiger partial charge in [-0.3, -0.25) is 4.57 Å². The Morgan fingerprint density at radius 3 is 2.63 bits per heavy atom. The zero-order chi connectivity index (χ0) is 20.7. The number of aromatic amines is 1. The number of anilines is 1. The first kappa shape index (κ1) is 18.7. The van der Waals surface area contributed by atoms with Crippen molar-refractivity contribution in [1.29, 1.82) is 0 Å². The first-order chi connectivity index (χ1) is 14.6. The van der Waals surface area contributed by atoms with Crippen molar-refractivity contribution in [3.63, 3.8) is 0 Å². The molecule has 0 saturated carbocycles. The smallest absolute Gasteiger partial charge is 0.227 e. The zero-order valence-corrected chi connectivity index (χ0v) is 17.5. The number of nitrogens with one attached hydrogen (secondary N) is 1. The normalized spacial score (nSPS) is 15.2. The fourth-order valence-electron chi connectivity index (χ4n) is 4.35. The van der Waals surface area contributed by atoms with E-state index in [9.17, 15) is 0 Å². The number of rotatable bonds is 5. The molecule has 0 unspecified atom stereocenters. The number of benzene rings is 1. The molecule has 1 aliphatic heterocycles. The summed E-state index contributed by atoms with van der Waals surface area (Å²) in [6.07, 6.45) is 4.12. The number of aryl methyl sites for hydroxylation is 1. The van der Waals surface area contributed by atoms with E-state index >= 15 is 0 Å². The lowest BCUT2D eigenvalue weighted by molar-refractivity contribution is 0.480. The Hall–Kier alpha value is -3.35. The maximum Gasteiger partial charge on any atom is 0.227 e. The number of piperidine rings is 1. The minimum atomic E-state index is 0.443. The SMILES string of the molecule is C=C(C)Cn1c(-c2cccn2C)nnc1N1CCC(c2nc3ccccc3[nH]2)CC1. The van der Waals surface area contributed by atoms with Gasteiger partial charge in [0.2, 0.25) is 5.95 Å². The highest BCUT2D eigenvalue weighted by Gasteiger charge is 2.27. The van der Waals surface area contributed by atoms with Crippen LogP contribution in [-0.4, -0.2) is 42.4 Å². The molecule has 154 valence electrons. The number of hydrogen-bond acceptors (Lipinski definition) is 4. The Labute approximate surface area is 176 Å². The fraction of sp³-hybridized carbons (Fsp3) is 0.348. The van der Waals surface area contributed by atoms with Crippen molar-refractivity contribution in [1.82, 2.24) is 29.3 Å². The van der Waals surface area contributed by atoms with E-state index in [1.807, 2.05) is 38.4 Å². The van der Waals surface area contributed by atoms with Gasteiger partial charge in [-0.1, -0.05) is 24.3 Å². The Morgan fingerprint density at radius 1 is 1.13 bits per heavy atom. The number of hydrogen-bond donors (Lipinski definition) is 1. The van der Waals surface area contributed by atoms with Crippen LogP contribution in [-0.2, 0) is 13.6 Å². The van der Waals surface area contributed by atoms with Gasteiger partial charge in [0.15, 0.2) is 5.82 Å². The second-order valence-corrected chi connectivity index (χ2v) is 8.27. The summed E-state index contributed by atoms with van der Waals surface area (Å²) in [5, 5.41) is 9.13. The quantitative estimate of drug-likeness (QED) is 0.511. The van der Waals surface area contributed by atoms with Gasteiger partial charge in [-0.2, -0.15) is 0 Å². The molecule has 4 aromatic rings. The van der Waals surface area contributed by atoms with Crippen LogP contribution in [0, 0.1) is 0 Å². The Balaban J connectivity index is 1.38. The molecule has 0 aliphatic carbocycles. The number of H-pyrrole nitrogens is 1. The van der Waals surface area contributed by atoms with Crippen molar-refractivity contribution in [2.75, 3.05) is 18.0 Å². The van der Waals surface area contributed by atoms with E-state index in [2.05, 4.69) is 54.0 Å². The number of nitrogens with zero attached hydrogens (tertiary/aromatic N) is 6. The molecule has 5 rings (SSSR count). The molecule has 1 saturated heterocycles. The average molecular weight is 402 g/mol. The molecule has 4 heterocycles. The molecule has 1 fully saturated rings. The summed E-state index contributed by atoms with van der Waals surface area (Å²) < 4.78 is 4.27. The highest BCUT2D eigenvalue weighted by atomic mass is 15.4. The molecule has 7 heteroatoms. The van der Waals surface area contributed by atoms with Crippen LogP contribution in [0.15, 0.2) is 54.7 Å². The van der Waals surface area contributed by atoms with Crippen LogP contribution >= 0.6 is 0 Å². The Kier molecular flexibility index (Phi) is 4.65. The second kappa shape index (κ2) is 7.48. The van der Waals surface area contributed by atoms with E-state index < -0.39 is 0 Å². The lowest BCUT2D eigenvalue weighted by Crippen LogP contribution is -2.35. The summed E-state index contributed by atoms with van der Waals surface area (Å²) in [5.74, 6) is 3.36. The second-order valence-electron chi connectivity index (χ2n) is 8.27. The third-order valence-electron chi connectivity index (χ3n) is 5.90. The fourth-order valence-corrected chi connectivity index (χ4v) is 4.35. The molecule has 1 aromatic carbocycles. The van der Waals surface area contributed by atoms with Gasteiger partial charge in [-0.15, -0.1) is 10.2 Å². The summed E-state index contributed by atoms with van der Waals surface area (Å²) in [4.78, 5) is 10.7. The van der Waals surface area contributed by atoms with Crippen LogP contribution in [0.4, 0.5) is 5.95 Å². The maximum atomic E-state index is 4.82. The molecular weight excluding hydrogens is 374 g/mol. The van der Waals surface area contributed by atoms with Gasteiger partial charge in [0.05, 0.1) is 16.7 Å². The largest absolute Gasteiger partial charge is 0.348 e. The predicted molar refractivity (Wildman–Crippen MR) is 120 cm³/mol. The van der Waals surface area contributed by atoms with Gasteiger partial charge in [0, 0.05) is 38.8 Å². The van der Waals surface area contributed by atoms with Crippen molar-refractivity contribution in [3.05, 3.63) is 60.6 Å². The van der Waals surface area contributed by atoms with Crippen LogP contribution in [0.5, 0.6) is 0 Å². The Bertz CT molecular complexity index is 1150. The van der Waals surface area contributed by atoms with Gasteiger partial charge < -0.3 is 14.5 Å². The lowest BCUT2D eigenvalue weighted by atomic mass is 9.96. The molecule has 3 aromatic heterocycles. The summed E-state index contributed by atoms with van der Waals surface area (Å²) in [7, 11) is 2.04. The van der Waals surface area contributed by atoms with E-state index in [4.69, 9.17) is 4.98 Å². The molecule has 1 N–H and O–H groups in total. The zero-order valence-electron chi connectivity index (χ0n) is 17.5. The monoisotopic (exact) mass is 401 g/mol. The van der Waals surface area contributed by atoms with Crippen molar-refractivity contribution < 1.29 is 0 Å². The van der Waals surface area contributed by atoms with Gasteiger partial charge in [0.1, 0.15) is 5.82 Å². The van der Waals surface area contributed by atoms with Crippen LogP contribution in [0.3, 0.4) is 0 Å². The number of imidazole rings is 1. The van der Waals surface area contributed by atoms with E-state index in [-0.39, 0.29) is 0 Å². The van der Waals surface area contributed by atoms with Crippen molar-refractivity contribution in [2.24, 2.45) is 7.05 Å². The third-order valence-corrected chi connectivity index (χ3v) is 5.90. The molecular formula is C23H27N7. The Morgan fingerprint density at radius 2 is 1.93 bits per heavy atom. The van der Waals surface area contributed by atoms with E-state index in [0.717, 1.165) is 65.8 Å². The molecule has 0 bridgehead atoms. The summed E-state index contributed by atoms with van der Waals surface area (Å²) >= 11 is 0.